The van der Waals surface area contributed by atoms with Crippen molar-refractivity contribution < 1.29 is 14.7 Å². The normalized spacial score (nSPS) is 11.4. The van der Waals surface area contributed by atoms with E-state index in [1.54, 1.807) is 19.9 Å². The van der Waals surface area contributed by atoms with E-state index in [0.717, 1.165) is 12.8 Å². The van der Waals surface area contributed by atoms with Crippen LogP contribution in [0.2, 0.25) is 0 Å². The molecule has 1 N–H and O–H groups in total. The molecule has 0 amide bonds. The fourth-order valence-electron chi connectivity index (χ4n) is 2.05. The number of carboxylic acid groups (broad SMARTS) is 1. The Morgan fingerprint density at radius 1 is 1.11 bits per heavy atom. The number of rotatable bonds is 6. The van der Waals surface area contributed by atoms with Gasteiger partial charge in [-0.3, -0.25) is 9.59 Å². The average Bonchev–Trinajstić information content (AvgIpc) is 2.37. The number of hydrogen-bond acceptors (Lipinski definition) is 2. The quantitative estimate of drug-likeness (QED) is 0.798. The summed E-state index contributed by atoms with van der Waals surface area (Å²) < 4.78 is 0. The standard InChI is InChI=1S/C16H22O3/c1-5-11-7-8-13(9-12(11)6-2)14(17)10-16(3,4)15(18)19/h7-9H,5-6,10H2,1-4H3,(H,18,19). The number of benzene rings is 1. The Morgan fingerprint density at radius 3 is 2.16 bits per heavy atom. The third-order valence-corrected chi connectivity index (χ3v) is 3.47. The topological polar surface area (TPSA) is 54.4 Å². The minimum Gasteiger partial charge on any atom is -0.481 e. The minimum atomic E-state index is -1.02. The van der Waals surface area contributed by atoms with Gasteiger partial charge in [-0.15, -0.1) is 0 Å². The van der Waals surface area contributed by atoms with Crippen molar-refractivity contribution in [2.24, 2.45) is 5.41 Å². The fourth-order valence-corrected chi connectivity index (χ4v) is 2.05. The van der Waals surface area contributed by atoms with Crippen LogP contribution in [0.3, 0.4) is 0 Å². The molecule has 0 aliphatic rings. The monoisotopic (exact) mass is 262 g/mol. The van der Waals surface area contributed by atoms with Crippen molar-refractivity contribution in [3.8, 4) is 0 Å². The third-order valence-electron chi connectivity index (χ3n) is 3.47. The van der Waals surface area contributed by atoms with Gasteiger partial charge in [-0.2, -0.15) is 0 Å². The molecule has 0 saturated carbocycles. The maximum atomic E-state index is 12.2. The van der Waals surface area contributed by atoms with E-state index in [0.29, 0.717) is 5.56 Å². The van der Waals surface area contributed by atoms with Gasteiger partial charge in [-0.25, -0.2) is 0 Å². The lowest BCUT2D eigenvalue weighted by Gasteiger charge is -2.18. The summed E-state index contributed by atoms with van der Waals surface area (Å²) in [6.45, 7) is 7.30. The van der Waals surface area contributed by atoms with Crippen LogP contribution in [0.5, 0.6) is 0 Å². The highest BCUT2D eigenvalue weighted by atomic mass is 16.4. The van der Waals surface area contributed by atoms with Crippen molar-refractivity contribution >= 4 is 11.8 Å². The van der Waals surface area contributed by atoms with Gasteiger partial charge in [0.15, 0.2) is 5.78 Å². The van der Waals surface area contributed by atoms with Gasteiger partial charge in [-0.1, -0.05) is 26.0 Å². The van der Waals surface area contributed by atoms with Gasteiger partial charge in [0.05, 0.1) is 5.41 Å². The lowest BCUT2D eigenvalue weighted by atomic mass is 9.85. The second kappa shape index (κ2) is 6.00. The minimum absolute atomic E-state index is 0.0248. The van der Waals surface area contributed by atoms with Crippen LogP contribution in [-0.2, 0) is 17.6 Å². The van der Waals surface area contributed by atoms with Crippen LogP contribution in [0, 0.1) is 5.41 Å². The molecule has 0 saturated heterocycles. The molecule has 0 atom stereocenters. The van der Waals surface area contributed by atoms with Gasteiger partial charge in [0.25, 0.3) is 0 Å². The summed E-state index contributed by atoms with van der Waals surface area (Å²) in [5, 5.41) is 9.07. The van der Waals surface area contributed by atoms with E-state index in [-0.39, 0.29) is 12.2 Å². The summed E-state index contributed by atoms with van der Waals surface area (Å²) in [4.78, 5) is 23.2. The molecule has 0 radical (unpaired) electrons. The number of ketones is 1. The lowest BCUT2D eigenvalue weighted by molar-refractivity contribution is -0.146. The van der Waals surface area contributed by atoms with Gasteiger partial charge >= 0.3 is 5.97 Å². The molecule has 19 heavy (non-hydrogen) atoms. The Morgan fingerprint density at radius 2 is 1.68 bits per heavy atom. The van der Waals surface area contributed by atoms with Gasteiger partial charge in [0.1, 0.15) is 0 Å². The molecule has 0 unspecified atom stereocenters. The van der Waals surface area contributed by atoms with E-state index >= 15 is 0 Å². The first kappa shape index (κ1) is 15.4. The summed E-state index contributed by atoms with van der Waals surface area (Å²) in [5.41, 5.74) is 2.01. The second-order valence-electron chi connectivity index (χ2n) is 5.48. The van der Waals surface area contributed by atoms with Gasteiger partial charge in [0, 0.05) is 12.0 Å². The van der Waals surface area contributed by atoms with Gasteiger partial charge in [-0.05, 0) is 43.9 Å². The molecule has 1 aromatic carbocycles. The number of aliphatic carboxylic acids is 1. The van der Waals surface area contributed by atoms with Crippen LogP contribution in [-0.4, -0.2) is 16.9 Å². The van der Waals surface area contributed by atoms with Crippen molar-refractivity contribution in [1.82, 2.24) is 0 Å². The smallest absolute Gasteiger partial charge is 0.309 e. The zero-order chi connectivity index (χ0) is 14.6. The van der Waals surface area contributed by atoms with E-state index in [4.69, 9.17) is 5.11 Å². The van der Waals surface area contributed by atoms with E-state index in [1.165, 1.54) is 11.1 Å². The fraction of sp³-hybridized carbons (Fsp3) is 0.500. The number of carbonyl (C=O) groups excluding carboxylic acids is 1. The van der Waals surface area contributed by atoms with Gasteiger partial charge < -0.3 is 5.11 Å². The first-order valence-electron chi connectivity index (χ1n) is 6.70. The van der Waals surface area contributed by atoms with E-state index in [2.05, 4.69) is 13.8 Å². The number of aryl methyl sites for hydroxylation is 2. The molecule has 3 heteroatoms. The molecule has 0 aromatic heterocycles. The Kier molecular flexibility index (Phi) is 4.87. The Bertz CT molecular complexity index is 487. The van der Waals surface area contributed by atoms with Gasteiger partial charge in [0.2, 0.25) is 0 Å². The highest BCUT2D eigenvalue weighted by Gasteiger charge is 2.30. The first-order chi connectivity index (χ1) is 8.81. The molecule has 0 fully saturated rings. The molecular formula is C16H22O3. The number of carboxylic acids is 1. The summed E-state index contributed by atoms with van der Waals surface area (Å²) in [7, 11) is 0. The molecule has 0 aliphatic heterocycles. The highest BCUT2D eigenvalue weighted by molar-refractivity contribution is 5.98. The lowest BCUT2D eigenvalue weighted by Crippen LogP contribution is -2.27. The number of carbonyl (C=O) groups is 2. The molecule has 0 aliphatic carbocycles. The Labute approximate surface area is 114 Å². The molecule has 1 rings (SSSR count). The maximum Gasteiger partial charge on any atom is 0.309 e. The maximum absolute atomic E-state index is 12.2. The van der Waals surface area contributed by atoms with Crippen molar-refractivity contribution in [2.45, 2.75) is 47.0 Å². The summed E-state index contributed by atoms with van der Waals surface area (Å²) in [6.07, 6.45) is 1.85. The molecule has 0 bridgehead atoms. The van der Waals surface area contributed by atoms with Crippen LogP contribution in [0.4, 0.5) is 0 Å². The summed E-state index contributed by atoms with van der Waals surface area (Å²) >= 11 is 0. The summed E-state index contributed by atoms with van der Waals surface area (Å²) in [6, 6.07) is 5.68. The van der Waals surface area contributed by atoms with Crippen LogP contribution < -0.4 is 0 Å². The molecular weight excluding hydrogens is 240 g/mol. The van der Waals surface area contributed by atoms with Crippen LogP contribution in [0.25, 0.3) is 0 Å². The third kappa shape index (κ3) is 3.66. The number of Topliss-reactive ketones (excluding diaryl/α,β-unsaturated/α-hetero) is 1. The van der Waals surface area contributed by atoms with E-state index < -0.39 is 11.4 Å². The molecule has 0 heterocycles. The second-order valence-corrected chi connectivity index (χ2v) is 5.48. The average molecular weight is 262 g/mol. The predicted molar refractivity (Wildman–Crippen MR) is 75.6 cm³/mol. The zero-order valence-corrected chi connectivity index (χ0v) is 12.1. The van der Waals surface area contributed by atoms with Crippen LogP contribution in [0.15, 0.2) is 18.2 Å². The predicted octanol–water partition coefficient (Wildman–Crippen LogP) is 3.50. The summed E-state index contributed by atoms with van der Waals surface area (Å²) in [5.74, 6) is -1.05. The Balaban J connectivity index is 2.98. The largest absolute Gasteiger partial charge is 0.481 e. The Hall–Kier alpha value is -1.64. The first-order valence-corrected chi connectivity index (χ1v) is 6.70. The van der Waals surface area contributed by atoms with Crippen molar-refractivity contribution in [2.75, 3.05) is 0 Å². The molecule has 104 valence electrons. The van der Waals surface area contributed by atoms with E-state index in [1.807, 2.05) is 12.1 Å². The van der Waals surface area contributed by atoms with Crippen molar-refractivity contribution in [3.05, 3.63) is 34.9 Å². The van der Waals surface area contributed by atoms with Crippen molar-refractivity contribution in [3.63, 3.8) is 0 Å². The van der Waals surface area contributed by atoms with Crippen LogP contribution >= 0.6 is 0 Å². The molecule has 0 spiro atoms. The SMILES string of the molecule is CCc1ccc(C(=O)CC(C)(C)C(=O)O)cc1CC. The van der Waals surface area contributed by atoms with Crippen molar-refractivity contribution in [1.29, 1.82) is 0 Å². The molecule has 3 nitrogen and oxygen atoms in total. The number of hydrogen-bond donors (Lipinski definition) is 1. The molecule has 1 aromatic rings. The highest BCUT2D eigenvalue weighted by Crippen LogP contribution is 2.24. The van der Waals surface area contributed by atoms with E-state index in [9.17, 15) is 9.59 Å². The van der Waals surface area contributed by atoms with Crippen LogP contribution in [0.1, 0.15) is 55.6 Å². The zero-order valence-electron chi connectivity index (χ0n) is 12.1.